The molecule has 10 rings (SSSR count). The van der Waals surface area contributed by atoms with E-state index in [1.165, 1.54) is 60.3 Å². The summed E-state index contributed by atoms with van der Waals surface area (Å²) in [6.07, 6.45) is 0. The largest absolute Gasteiger partial charge is 0.453 e. The minimum Gasteiger partial charge on any atom is -0.453 e. The Balaban J connectivity index is 1.26. The van der Waals surface area contributed by atoms with Crippen molar-refractivity contribution in [2.75, 3.05) is 0 Å². The average molecular weight is 575 g/mol. The summed E-state index contributed by atoms with van der Waals surface area (Å²) in [7, 11) is 0. The van der Waals surface area contributed by atoms with Crippen LogP contribution in [0.25, 0.3) is 77.2 Å². The van der Waals surface area contributed by atoms with Crippen LogP contribution in [0, 0.1) is 0 Å². The smallest absolute Gasteiger partial charge is 0.152 e. The molecule has 7 aromatic carbocycles. The zero-order chi connectivity index (χ0) is 29.5. The molecule has 1 aliphatic heterocycles. The first-order chi connectivity index (χ1) is 22.3. The fourth-order valence-electron chi connectivity index (χ4n) is 7.27. The Labute approximate surface area is 259 Å². The van der Waals surface area contributed by atoms with Crippen LogP contribution in [0.5, 0.6) is 11.5 Å². The molecule has 0 saturated carbocycles. The quantitative estimate of drug-likeness (QED) is 0.205. The number of nitrogens with zero attached hydrogens (tertiary/aromatic N) is 2. The maximum Gasteiger partial charge on any atom is 0.152 e. The maximum absolute atomic E-state index is 6.37. The molecule has 0 radical (unpaired) electrons. The highest BCUT2D eigenvalue weighted by Gasteiger charge is 2.24. The van der Waals surface area contributed by atoms with Crippen molar-refractivity contribution >= 4 is 43.6 Å². The van der Waals surface area contributed by atoms with Gasteiger partial charge in [0.25, 0.3) is 0 Å². The molecule has 0 unspecified atom stereocenters. The number of para-hydroxylation sites is 3. The fourth-order valence-corrected chi connectivity index (χ4v) is 7.27. The van der Waals surface area contributed by atoms with Crippen molar-refractivity contribution in [3.05, 3.63) is 158 Å². The number of rotatable bonds is 3. The van der Waals surface area contributed by atoms with Gasteiger partial charge >= 0.3 is 0 Å². The predicted molar refractivity (Wildman–Crippen MR) is 186 cm³/mol. The van der Waals surface area contributed by atoms with Gasteiger partial charge < -0.3 is 13.9 Å². The van der Waals surface area contributed by atoms with Gasteiger partial charge in [-0.3, -0.25) is 0 Å². The van der Waals surface area contributed by atoms with Crippen LogP contribution in [-0.4, -0.2) is 9.13 Å². The molecular weight excluding hydrogens is 548 g/mol. The van der Waals surface area contributed by atoms with Crippen LogP contribution in [0.4, 0.5) is 0 Å². The highest BCUT2D eigenvalue weighted by Crippen LogP contribution is 2.46. The first-order valence-corrected chi connectivity index (χ1v) is 15.4. The Bertz CT molecular complexity index is 2510. The van der Waals surface area contributed by atoms with E-state index in [4.69, 9.17) is 4.74 Å². The number of hydrogen-bond donors (Lipinski definition) is 0. The van der Waals surface area contributed by atoms with Crippen molar-refractivity contribution in [2.24, 2.45) is 0 Å². The van der Waals surface area contributed by atoms with E-state index in [-0.39, 0.29) is 0 Å². The zero-order valence-electron chi connectivity index (χ0n) is 24.3. The molecule has 2 aromatic heterocycles. The van der Waals surface area contributed by atoms with Crippen LogP contribution < -0.4 is 4.74 Å². The van der Waals surface area contributed by atoms with E-state index in [0.29, 0.717) is 0 Å². The van der Waals surface area contributed by atoms with E-state index >= 15 is 0 Å². The van der Waals surface area contributed by atoms with Crippen LogP contribution in [0.15, 0.2) is 158 Å². The molecular formula is C42H26N2O. The molecule has 0 saturated heterocycles. The van der Waals surface area contributed by atoms with Crippen molar-refractivity contribution in [1.29, 1.82) is 0 Å². The summed E-state index contributed by atoms with van der Waals surface area (Å²) in [5.41, 5.74) is 11.8. The Morgan fingerprint density at radius 3 is 1.60 bits per heavy atom. The van der Waals surface area contributed by atoms with Crippen LogP contribution in [0.1, 0.15) is 0 Å². The van der Waals surface area contributed by atoms with E-state index in [2.05, 4.69) is 155 Å². The average Bonchev–Trinajstić information content (AvgIpc) is 3.62. The van der Waals surface area contributed by atoms with E-state index in [0.717, 1.165) is 28.4 Å². The lowest BCUT2D eigenvalue weighted by Gasteiger charge is -2.20. The molecule has 210 valence electrons. The van der Waals surface area contributed by atoms with Crippen molar-refractivity contribution in [1.82, 2.24) is 9.13 Å². The number of hydrogen-bond acceptors (Lipinski definition) is 1. The summed E-state index contributed by atoms with van der Waals surface area (Å²) in [4.78, 5) is 0. The highest BCUT2D eigenvalue weighted by atomic mass is 16.5. The maximum atomic E-state index is 6.37. The zero-order valence-corrected chi connectivity index (χ0v) is 24.3. The van der Waals surface area contributed by atoms with Gasteiger partial charge in [-0.2, -0.15) is 0 Å². The lowest BCUT2D eigenvalue weighted by molar-refractivity contribution is 0.476. The first kappa shape index (κ1) is 24.4. The molecule has 0 spiro atoms. The van der Waals surface area contributed by atoms with Gasteiger partial charge in [0.05, 0.1) is 27.8 Å². The Morgan fingerprint density at radius 2 is 0.911 bits per heavy atom. The Morgan fingerprint density at radius 1 is 0.356 bits per heavy atom. The van der Waals surface area contributed by atoms with Gasteiger partial charge in [-0.1, -0.05) is 97.1 Å². The minimum absolute atomic E-state index is 0.880. The van der Waals surface area contributed by atoms with Gasteiger partial charge in [-0.15, -0.1) is 0 Å². The third-order valence-electron chi connectivity index (χ3n) is 9.30. The summed E-state index contributed by atoms with van der Waals surface area (Å²) in [6.45, 7) is 0. The van der Waals surface area contributed by atoms with Gasteiger partial charge in [0.2, 0.25) is 0 Å². The number of aromatic nitrogens is 2. The molecule has 0 amide bonds. The summed E-state index contributed by atoms with van der Waals surface area (Å²) in [6, 6.07) is 56.6. The number of ether oxygens (including phenoxy) is 1. The molecule has 3 nitrogen and oxygen atoms in total. The highest BCUT2D eigenvalue weighted by molar-refractivity contribution is 6.14. The predicted octanol–water partition coefficient (Wildman–Crippen LogP) is 11.3. The molecule has 1 aliphatic rings. The summed E-state index contributed by atoms with van der Waals surface area (Å²) < 4.78 is 11.1. The van der Waals surface area contributed by atoms with Crippen molar-refractivity contribution in [3.63, 3.8) is 0 Å². The third-order valence-corrected chi connectivity index (χ3v) is 9.30. The van der Waals surface area contributed by atoms with Crippen LogP contribution >= 0.6 is 0 Å². The van der Waals surface area contributed by atoms with Gasteiger partial charge in [-0.25, -0.2) is 0 Å². The van der Waals surface area contributed by atoms with E-state index in [1.54, 1.807) is 0 Å². The monoisotopic (exact) mass is 574 g/mol. The topological polar surface area (TPSA) is 19.1 Å². The summed E-state index contributed by atoms with van der Waals surface area (Å²) >= 11 is 0. The second-order valence-corrected chi connectivity index (χ2v) is 11.8. The lowest BCUT2D eigenvalue weighted by Crippen LogP contribution is -2.03. The van der Waals surface area contributed by atoms with Gasteiger partial charge in [0.15, 0.2) is 11.5 Å². The summed E-state index contributed by atoms with van der Waals surface area (Å²) in [5, 5.41) is 4.89. The summed E-state index contributed by atoms with van der Waals surface area (Å²) in [5.74, 6) is 1.77. The number of benzene rings is 7. The second-order valence-electron chi connectivity index (χ2n) is 11.8. The van der Waals surface area contributed by atoms with Crippen LogP contribution in [-0.2, 0) is 0 Å². The molecule has 0 aliphatic carbocycles. The van der Waals surface area contributed by atoms with Crippen molar-refractivity contribution in [3.8, 4) is 45.1 Å². The number of fused-ring (bicyclic) bond motifs is 8. The minimum atomic E-state index is 0.880. The molecule has 0 atom stereocenters. The van der Waals surface area contributed by atoms with E-state index in [9.17, 15) is 0 Å². The normalized spacial score (nSPS) is 12.2. The molecule has 3 heterocycles. The lowest BCUT2D eigenvalue weighted by atomic mass is 10.0. The van der Waals surface area contributed by atoms with Gasteiger partial charge in [-0.05, 0) is 82.9 Å². The SMILES string of the molecule is c1ccc(-c2ccc3c(c2)c2cc(-c4ccccc4)ccc2n3-c2ccc3c(c2)c2cccc4c2n3-c2ccccc2O4)cc1. The molecule has 0 N–H and O–H groups in total. The van der Waals surface area contributed by atoms with Crippen molar-refractivity contribution < 1.29 is 4.74 Å². The first-order valence-electron chi connectivity index (χ1n) is 15.4. The van der Waals surface area contributed by atoms with Crippen molar-refractivity contribution in [2.45, 2.75) is 0 Å². The van der Waals surface area contributed by atoms with Crippen LogP contribution in [0.3, 0.4) is 0 Å². The Kier molecular flexibility index (Phi) is 5.00. The Hall–Kier alpha value is -6.06. The fraction of sp³-hybridized carbons (Fsp3) is 0. The second kappa shape index (κ2) is 9.22. The molecule has 0 fully saturated rings. The van der Waals surface area contributed by atoms with Crippen LogP contribution in [0.2, 0.25) is 0 Å². The molecule has 3 heteroatoms. The standard InChI is InChI=1S/C42H26N2O/c1-3-10-27(11-4-1)29-18-21-36-33(24-29)34-25-30(28-12-5-2-6-13-28)19-22-37(34)43(36)31-20-23-38-35(26-31)32-14-9-17-41-42(32)44(38)39-15-7-8-16-40(39)45-41/h1-26H. The molecule has 45 heavy (non-hydrogen) atoms. The van der Waals surface area contributed by atoms with Gasteiger partial charge in [0, 0.05) is 27.2 Å². The third kappa shape index (κ3) is 3.52. The van der Waals surface area contributed by atoms with E-state index in [1.807, 2.05) is 12.1 Å². The van der Waals surface area contributed by atoms with Gasteiger partial charge in [0.1, 0.15) is 0 Å². The van der Waals surface area contributed by atoms with E-state index < -0.39 is 0 Å². The molecule has 9 aromatic rings. The molecule has 0 bridgehead atoms.